The summed E-state index contributed by atoms with van der Waals surface area (Å²) in [6.45, 7) is 5.46. The van der Waals surface area contributed by atoms with Crippen LogP contribution in [-0.2, 0) is 4.79 Å². The molecule has 0 spiro atoms. The third kappa shape index (κ3) is 3.02. The Balaban J connectivity index is 2.28. The van der Waals surface area contributed by atoms with Gasteiger partial charge in [-0.15, -0.1) is 0 Å². The zero-order valence-corrected chi connectivity index (χ0v) is 7.31. The summed E-state index contributed by atoms with van der Waals surface area (Å²) in [6, 6.07) is 0. The van der Waals surface area contributed by atoms with Gasteiger partial charge in [0.1, 0.15) is 5.78 Å². The number of nitrogens with zero attached hydrogens (tertiary/aromatic N) is 1. The summed E-state index contributed by atoms with van der Waals surface area (Å²) in [5.74, 6) is 0.448. The number of ketones is 1. The summed E-state index contributed by atoms with van der Waals surface area (Å²) < 4.78 is 0. The molecule has 0 bridgehead atoms. The first-order valence-electron chi connectivity index (χ1n) is 4.57. The van der Waals surface area contributed by atoms with E-state index in [1.165, 1.54) is 6.42 Å². The number of carbonyl (C=O) groups is 1. The molecule has 0 aromatic heterocycles. The molecule has 0 atom stereocenters. The van der Waals surface area contributed by atoms with Gasteiger partial charge in [0.05, 0.1) is 0 Å². The molecule has 0 N–H and O–H groups in total. The van der Waals surface area contributed by atoms with Gasteiger partial charge in [-0.05, 0) is 25.9 Å². The lowest BCUT2D eigenvalue weighted by Gasteiger charge is -2.17. The van der Waals surface area contributed by atoms with Crippen molar-refractivity contribution in [2.75, 3.05) is 19.6 Å². The highest BCUT2D eigenvalue weighted by molar-refractivity contribution is 5.78. The van der Waals surface area contributed by atoms with E-state index in [0.29, 0.717) is 5.78 Å². The molecule has 0 aromatic rings. The molecule has 64 valence electrons. The molecule has 1 aliphatic rings. The minimum atomic E-state index is 0.448. The van der Waals surface area contributed by atoms with Crippen LogP contribution < -0.4 is 0 Å². The van der Waals surface area contributed by atoms with Gasteiger partial charge in [-0.3, -0.25) is 4.79 Å². The van der Waals surface area contributed by atoms with Crippen molar-refractivity contribution in [2.45, 2.75) is 32.6 Å². The van der Waals surface area contributed by atoms with E-state index in [4.69, 9.17) is 0 Å². The molecule has 0 radical (unpaired) electrons. The maximum atomic E-state index is 11.0. The zero-order chi connectivity index (χ0) is 8.10. The first-order valence-corrected chi connectivity index (χ1v) is 4.57. The number of rotatable bonds is 2. The lowest BCUT2D eigenvalue weighted by molar-refractivity contribution is -0.118. The Morgan fingerprint density at radius 3 is 2.91 bits per heavy atom. The standard InChI is InChI=1S/C9H17NO/c1-2-6-10-7-3-4-9(11)5-8-10/h2-8H2,1H3. The van der Waals surface area contributed by atoms with Crippen molar-refractivity contribution in [3.63, 3.8) is 0 Å². The van der Waals surface area contributed by atoms with Crippen molar-refractivity contribution in [3.05, 3.63) is 0 Å². The van der Waals surface area contributed by atoms with Crippen LogP contribution in [0, 0.1) is 0 Å². The maximum absolute atomic E-state index is 11.0. The molecular weight excluding hydrogens is 138 g/mol. The van der Waals surface area contributed by atoms with Crippen LogP contribution in [0.5, 0.6) is 0 Å². The fourth-order valence-electron chi connectivity index (χ4n) is 1.56. The Bertz CT molecular complexity index is 134. The highest BCUT2D eigenvalue weighted by Gasteiger charge is 2.12. The van der Waals surface area contributed by atoms with Crippen LogP contribution in [0.25, 0.3) is 0 Å². The van der Waals surface area contributed by atoms with Crippen LogP contribution in [0.3, 0.4) is 0 Å². The Hall–Kier alpha value is -0.370. The zero-order valence-electron chi connectivity index (χ0n) is 7.31. The monoisotopic (exact) mass is 155 g/mol. The molecule has 1 fully saturated rings. The van der Waals surface area contributed by atoms with Crippen molar-refractivity contribution in [2.24, 2.45) is 0 Å². The van der Waals surface area contributed by atoms with Crippen LogP contribution >= 0.6 is 0 Å². The van der Waals surface area contributed by atoms with Gasteiger partial charge in [-0.1, -0.05) is 6.92 Å². The molecule has 1 rings (SSSR count). The molecule has 0 saturated carbocycles. The van der Waals surface area contributed by atoms with Gasteiger partial charge in [-0.25, -0.2) is 0 Å². The number of hydrogen-bond donors (Lipinski definition) is 0. The summed E-state index contributed by atoms with van der Waals surface area (Å²) >= 11 is 0. The Labute approximate surface area is 68.6 Å². The summed E-state index contributed by atoms with van der Waals surface area (Å²) in [6.07, 6.45) is 3.85. The average Bonchev–Trinajstić information content (AvgIpc) is 2.17. The maximum Gasteiger partial charge on any atom is 0.134 e. The van der Waals surface area contributed by atoms with Gasteiger partial charge in [0, 0.05) is 19.4 Å². The summed E-state index contributed by atoms with van der Waals surface area (Å²) in [5, 5.41) is 0. The first kappa shape index (κ1) is 8.72. The van der Waals surface area contributed by atoms with Crippen LogP contribution in [0.4, 0.5) is 0 Å². The highest BCUT2D eigenvalue weighted by atomic mass is 16.1. The molecule has 2 nitrogen and oxygen atoms in total. The van der Waals surface area contributed by atoms with Gasteiger partial charge in [0.2, 0.25) is 0 Å². The van der Waals surface area contributed by atoms with Crippen LogP contribution in [0.2, 0.25) is 0 Å². The van der Waals surface area contributed by atoms with Crippen LogP contribution in [0.15, 0.2) is 0 Å². The fourth-order valence-corrected chi connectivity index (χ4v) is 1.56. The predicted octanol–water partition coefficient (Wildman–Crippen LogP) is 1.45. The average molecular weight is 155 g/mol. The van der Waals surface area contributed by atoms with E-state index >= 15 is 0 Å². The van der Waals surface area contributed by atoms with Crippen molar-refractivity contribution >= 4 is 5.78 Å². The van der Waals surface area contributed by atoms with Gasteiger partial charge in [0.25, 0.3) is 0 Å². The molecule has 0 aliphatic carbocycles. The van der Waals surface area contributed by atoms with E-state index in [1.807, 2.05) is 0 Å². The van der Waals surface area contributed by atoms with Crippen LogP contribution in [0.1, 0.15) is 32.6 Å². The third-order valence-electron chi connectivity index (χ3n) is 2.18. The summed E-state index contributed by atoms with van der Waals surface area (Å²) in [7, 11) is 0. The number of likely N-dealkylation sites (tertiary alicyclic amines) is 1. The Kier molecular flexibility index (Phi) is 3.57. The molecule has 11 heavy (non-hydrogen) atoms. The van der Waals surface area contributed by atoms with E-state index in [1.54, 1.807) is 0 Å². The van der Waals surface area contributed by atoms with E-state index in [9.17, 15) is 4.79 Å². The SMILES string of the molecule is CCCN1CCCC(=O)CC1. The smallest absolute Gasteiger partial charge is 0.134 e. The van der Waals surface area contributed by atoms with E-state index in [-0.39, 0.29) is 0 Å². The van der Waals surface area contributed by atoms with E-state index in [0.717, 1.165) is 38.9 Å². The van der Waals surface area contributed by atoms with Gasteiger partial charge < -0.3 is 4.90 Å². The molecule has 2 heteroatoms. The largest absolute Gasteiger partial charge is 0.303 e. The van der Waals surface area contributed by atoms with Gasteiger partial charge in [-0.2, -0.15) is 0 Å². The number of carbonyl (C=O) groups excluding carboxylic acids is 1. The highest BCUT2D eigenvalue weighted by Crippen LogP contribution is 2.06. The number of hydrogen-bond acceptors (Lipinski definition) is 2. The fraction of sp³-hybridized carbons (Fsp3) is 0.889. The second-order valence-corrected chi connectivity index (χ2v) is 3.23. The molecule has 1 saturated heterocycles. The third-order valence-corrected chi connectivity index (χ3v) is 2.18. The molecule has 0 unspecified atom stereocenters. The normalized spacial score (nSPS) is 21.7. The van der Waals surface area contributed by atoms with Gasteiger partial charge >= 0.3 is 0 Å². The first-order chi connectivity index (χ1) is 5.33. The summed E-state index contributed by atoms with van der Waals surface area (Å²) in [5.41, 5.74) is 0. The van der Waals surface area contributed by atoms with Crippen molar-refractivity contribution in [1.29, 1.82) is 0 Å². The lowest BCUT2D eigenvalue weighted by atomic mass is 10.2. The molecule has 0 aromatic carbocycles. The quantitative estimate of drug-likeness (QED) is 0.601. The van der Waals surface area contributed by atoms with Crippen molar-refractivity contribution < 1.29 is 4.79 Å². The van der Waals surface area contributed by atoms with Gasteiger partial charge in [0.15, 0.2) is 0 Å². The minimum Gasteiger partial charge on any atom is -0.303 e. The summed E-state index contributed by atoms with van der Waals surface area (Å²) in [4.78, 5) is 13.4. The lowest BCUT2D eigenvalue weighted by Crippen LogP contribution is -2.25. The predicted molar refractivity (Wildman–Crippen MR) is 45.6 cm³/mol. The minimum absolute atomic E-state index is 0.448. The van der Waals surface area contributed by atoms with E-state index < -0.39 is 0 Å². The molecular formula is C9H17NO. The topological polar surface area (TPSA) is 20.3 Å². The van der Waals surface area contributed by atoms with E-state index in [2.05, 4.69) is 11.8 Å². The number of Topliss-reactive ketones (excluding diaryl/α,β-unsaturated/α-hetero) is 1. The van der Waals surface area contributed by atoms with Crippen molar-refractivity contribution in [1.82, 2.24) is 4.90 Å². The molecule has 0 amide bonds. The van der Waals surface area contributed by atoms with Crippen molar-refractivity contribution in [3.8, 4) is 0 Å². The molecule has 1 aliphatic heterocycles. The Morgan fingerprint density at radius 2 is 2.18 bits per heavy atom. The Morgan fingerprint density at radius 1 is 1.36 bits per heavy atom. The molecule has 1 heterocycles. The second kappa shape index (κ2) is 4.50. The van der Waals surface area contributed by atoms with Crippen LogP contribution in [-0.4, -0.2) is 30.3 Å². The second-order valence-electron chi connectivity index (χ2n) is 3.23.